The maximum Gasteiger partial charge on any atom is 0.328 e. The number of nitrogens with one attached hydrogen (secondary N) is 1. The van der Waals surface area contributed by atoms with Crippen molar-refractivity contribution in [2.24, 2.45) is 4.99 Å². The van der Waals surface area contributed by atoms with E-state index in [1.54, 1.807) is 0 Å². The summed E-state index contributed by atoms with van der Waals surface area (Å²) < 4.78 is 0. The summed E-state index contributed by atoms with van der Waals surface area (Å²) in [6.07, 6.45) is 8.37. The summed E-state index contributed by atoms with van der Waals surface area (Å²) >= 11 is 0. The lowest BCUT2D eigenvalue weighted by atomic mass is 10.1. The van der Waals surface area contributed by atoms with Crippen LogP contribution in [-0.4, -0.2) is 82.8 Å². The Labute approximate surface area is 210 Å². The van der Waals surface area contributed by atoms with E-state index in [1.165, 1.54) is 30.3 Å². The van der Waals surface area contributed by atoms with Crippen molar-refractivity contribution in [2.75, 3.05) is 50.7 Å². The Morgan fingerprint density at radius 1 is 1.00 bits per heavy atom. The molecule has 36 heavy (non-hydrogen) atoms. The molecule has 0 amide bonds. The average Bonchev–Trinajstić information content (AvgIpc) is 2.89. The highest BCUT2D eigenvalue weighted by Crippen LogP contribution is 2.11. The van der Waals surface area contributed by atoms with Gasteiger partial charge in [-0.15, -0.1) is 0 Å². The number of piperazine rings is 1. The van der Waals surface area contributed by atoms with E-state index in [-0.39, 0.29) is 0 Å². The minimum Gasteiger partial charge on any atom is -0.478 e. The third-order valence-electron chi connectivity index (χ3n) is 5.90. The lowest BCUT2D eigenvalue weighted by Crippen LogP contribution is -2.47. The number of hydrogen-bond acceptors (Lipinski definition) is 8. The second-order valence-corrected chi connectivity index (χ2v) is 8.66. The first-order valence-corrected chi connectivity index (χ1v) is 12.2. The smallest absolute Gasteiger partial charge is 0.328 e. The van der Waals surface area contributed by atoms with Crippen LogP contribution in [0.5, 0.6) is 0 Å². The van der Waals surface area contributed by atoms with Crippen LogP contribution in [0.15, 0.2) is 53.8 Å². The molecule has 192 valence electrons. The summed E-state index contributed by atoms with van der Waals surface area (Å²) in [6.45, 7) is 9.35. The summed E-state index contributed by atoms with van der Waals surface area (Å²) in [6, 6.07) is 8.45. The third kappa shape index (κ3) is 8.77. The topological polar surface area (TPSA) is 131 Å². The fourth-order valence-electron chi connectivity index (χ4n) is 4.04. The van der Waals surface area contributed by atoms with Gasteiger partial charge < -0.3 is 20.4 Å². The second kappa shape index (κ2) is 13.9. The van der Waals surface area contributed by atoms with Crippen LogP contribution in [0, 0.1) is 6.92 Å². The van der Waals surface area contributed by atoms with Crippen molar-refractivity contribution in [3.05, 3.63) is 65.0 Å². The maximum atomic E-state index is 9.55. The lowest BCUT2D eigenvalue weighted by Gasteiger charge is -2.34. The molecule has 1 aromatic heterocycles. The van der Waals surface area contributed by atoms with Crippen LogP contribution in [0.25, 0.3) is 5.70 Å². The molecule has 2 aromatic rings. The maximum absolute atomic E-state index is 9.55. The normalized spacial score (nSPS) is 15.5. The van der Waals surface area contributed by atoms with Crippen molar-refractivity contribution in [2.45, 2.75) is 26.2 Å². The molecule has 0 saturated carbocycles. The summed E-state index contributed by atoms with van der Waals surface area (Å²) in [4.78, 5) is 37.5. The molecule has 4 rings (SSSR count). The second-order valence-electron chi connectivity index (χ2n) is 8.66. The molecule has 1 aromatic carbocycles. The van der Waals surface area contributed by atoms with E-state index >= 15 is 0 Å². The standard InChI is InChI=1S/C22H30N6.C4H4O4/c1-18-16-25-22(26-17-18)28-14-12-27(13-15-28)11-5-4-9-23-21-8-10-24-20-7-3-2-6-19(20)21;5-3(6)1-2-4(7)8/h2-3,6-7,16-17,23H,4-5,8-15H2,1H3;1-2H,(H,5,6)(H,7,8). The van der Waals surface area contributed by atoms with Gasteiger partial charge >= 0.3 is 11.9 Å². The number of rotatable bonds is 9. The zero-order valence-electron chi connectivity index (χ0n) is 20.6. The van der Waals surface area contributed by atoms with Gasteiger partial charge in [-0.1, -0.05) is 18.2 Å². The first-order valence-electron chi connectivity index (χ1n) is 12.2. The highest BCUT2D eigenvalue weighted by Gasteiger charge is 2.18. The molecular weight excluding hydrogens is 460 g/mol. The van der Waals surface area contributed by atoms with Crippen molar-refractivity contribution < 1.29 is 19.8 Å². The predicted molar refractivity (Wildman–Crippen MR) is 137 cm³/mol. The quantitative estimate of drug-likeness (QED) is 0.342. The number of carboxylic acid groups (broad SMARTS) is 2. The Hall–Kier alpha value is -3.79. The van der Waals surface area contributed by atoms with E-state index in [9.17, 15) is 9.59 Å². The fourth-order valence-corrected chi connectivity index (χ4v) is 4.04. The molecule has 3 N–H and O–H groups in total. The van der Waals surface area contributed by atoms with Crippen molar-refractivity contribution >= 4 is 23.6 Å². The Morgan fingerprint density at radius 2 is 1.67 bits per heavy atom. The number of para-hydroxylation sites is 1. The van der Waals surface area contributed by atoms with Crippen LogP contribution < -0.4 is 20.8 Å². The van der Waals surface area contributed by atoms with Gasteiger partial charge in [-0.25, -0.2) is 19.6 Å². The number of unbranched alkanes of at least 4 members (excludes halogenated alkanes) is 1. The molecule has 1 saturated heterocycles. The van der Waals surface area contributed by atoms with Gasteiger partial charge in [-0.2, -0.15) is 0 Å². The number of fused-ring (bicyclic) bond motifs is 1. The van der Waals surface area contributed by atoms with Gasteiger partial charge in [-0.3, -0.25) is 9.89 Å². The number of aromatic nitrogens is 2. The Kier molecular flexibility index (Phi) is 10.4. The number of carboxylic acids is 2. The Bertz CT molecular complexity index is 1140. The van der Waals surface area contributed by atoms with E-state index in [1.807, 2.05) is 19.3 Å². The minimum absolute atomic E-state index is 0.558. The minimum atomic E-state index is -1.26. The van der Waals surface area contributed by atoms with Gasteiger partial charge in [0.25, 0.3) is 0 Å². The van der Waals surface area contributed by atoms with Crippen LogP contribution in [0.1, 0.15) is 24.8 Å². The number of benzene rings is 1. The molecule has 0 atom stereocenters. The van der Waals surface area contributed by atoms with E-state index in [4.69, 9.17) is 10.2 Å². The van der Waals surface area contributed by atoms with Crippen LogP contribution in [0.4, 0.5) is 5.95 Å². The van der Waals surface area contributed by atoms with Crippen molar-refractivity contribution in [3.63, 3.8) is 0 Å². The Balaban J connectivity index is 0.000000392. The van der Waals surface area contributed by atoms with Crippen LogP contribution in [0.3, 0.4) is 0 Å². The number of aryl methyl sites for hydroxylation is 1. The number of carbonyl (C=O) groups is 2. The van der Waals surface area contributed by atoms with Crippen LogP contribution in [-0.2, 0) is 9.59 Å². The summed E-state index contributed by atoms with van der Waals surface area (Å²) in [7, 11) is 0. The van der Waals surface area contributed by atoms with Crippen molar-refractivity contribution in [1.29, 1.82) is 0 Å². The molecule has 10 heteroatoms. The highest BCUT2D eigenvalue weighted by atomic mass is 16.4. The van der Waals surface area contributed by atoms with Gasteiger partial charge in [0, 0.05) is 81.2 Å². The molecule has 3 heterocycles. The molecular formula is C26H34N6O4. The summed E-state index contributed by atoms with van der Waals surface area (Å²) in [5, 5.41) is 21.7. The van der Waals surface area contributed by atoms with E-state index in [0.717, 1.165) is 62.6 Å². The number of hydrogen-bond donors (Lipinski definition) is 3. The third-order valence-corrected chi connectivity index (χ3v) is 5.90. The molecule has 0 radical (unpaired) electrons. The monoisotopic (exact) mass is 494 g/mol. The number of anilines is 1. The molecule has 0 bridgehead atoms. The summed E-state index contributed by atoms with van der Waals surface area (Å²) in [5.41, 5.74) is 2.47. The van der Waals surface area contributed by atoms with Gasteiger partial charge in [-0.05, 0) is 37.9 Å². The Morgan fingerprint density at radius 3 is 2.33 bits per heavy atom. The zero-order valence-corrected chi connectivity index (χ0v) is 20.6. The molecule has 2 aliphatic rings. The van der Waals surface area contributed by atoms with Crippen molar-refractivity contribution in [1.82, 2.24) is 20.2 Å². The molecule has 1 fully saturated rings. The first kappa shape index (κ1) is 26.8. The largest absolute Gasteiger partial charge is 0.478 e. The van der Waals surface area contributed by atoms with Gasteiger partial charge in [0.05, 0.1) is 5.36 Å². The van der Waals surface area contributed by atoms with E-state index < -0.39 is 11.9 Å². The highest BCUT2D eigenvalue weighted by molar-refractivity contribution is 5.89. The molecule has 2 aliphatic heterocycles. The van der Waals surface area contributed by atoms with Gasteiger partial charge in [0.2, 0.25) is 5.95 Å². The van der Waals surface area contributed by atoms with Gasteiger partial charge in [0.15, 0.2) is 0 Å². The molecule has 0 spiro atoms. The van der Waals surface area contributed by atoms with Crippen LogP contribution >= 0.6 is 0 Å². The number of nitrogens with zero attached hydrogens (tertiary/aromatic N) is 5. The van der Waals surface area contributed by atoms with Crippen LogP contribution in [0.2, 0.25) is 0 Å². The predicted octanol–water partition coefficient (Wildman–Crippen LogP) is 0.820. The molecule has 0 aliphatic carbocycles. The first-order chi connectivity index (χ1) is 17.4. The SMILES string of the molecule is Cc1cnc(N2CCN(CCCCNC3=c4ccccc4=NCC3)CC2)nc1.O=C(O)C=CC(=O)O. The summed E-state index contributed by atoms with van der Waals surface area (Å²) in [5.74, 6) is -1.65. The molecule has 0 unspecified atom stereocenters. The molecule has 10 nitrogen and oxygen atoms in total. The van der Waals surface area contributed by atoms with E-state index in [0.29, 0.717) is 12.2 Å². The average molecular weight is 495 g/mol. The lowest BCUT2D eigenvalue weighted by molar-refractivity contribution is -0.134. The van der Waals surface area contributed by atoms with Gasteiger partial charge in [0.1, 0.15) is 0 Å². The zero-order chi connectivity index (χ0) is 25.8. The fraction of sp³-hybridized carbons (Fsp3) is 0.423. The van der Waals surface area contributed by atoms with Crippen molar-refractivity contribution in [3.8, 4) is 0 Å². The number of aliphatic carboxylic acids is 2. The van der Waals surface area contributed by atoms with E-state index in [2.05, 4.69) is 54.3 Å².